The predicted octanol–water partition coefficient (Wildman–Crippen LogP) is 1.53. The van der Waals surface area contributed by atoms with E-state index in [1.54, 1.807) is 17.6 Å². The lowest BCUT2D eigenvalue weighted by atomic mass is 10.1. The third kappa shape index (κ3) is 4.43. The minimum Gasteiger partial charge on any atom is -0.496 e. The van der Waals surface area contributed by atoms with E-state index in [1.165, 1.54) is 30.7 Å². The lowest BCUT2D eigenvalue weighted by Gasteiger charge is -2.32. The molecule has 1 aliphatic rings. The summed E-state index contributed by atoms with van der Waals surface area (Å²) in [6.45, 7) is 3.07. The molecule has 9 nitrogen and oxygen atoms in total. The zero-order valence-corrected chi connectivity index (χ0v) is 17.1. The monoisotopic (exact) mass is 426 g/mol. The number of amides is 1. The van der Waals surface area contributed by atoms with Gasteiger partial charge in [0, 0.05) is 25.2 Å². The van der Waals surface area contributed by atoms with Gasteiger partial charge in [-0.05, 0) is 31.4 Å². The molecular weight excluding hydrogens is 404 g/mol. The van der Waals surface area contributed by atoms with Gasteiger partial charge in [-0.3, -0.25) is 10.0 Å². The molecule has 1 aliphatic heterocycles. The third-order valence-electron chi connectivity index (χ3n) is 4.60. The van der Waals surface area contributed by atoms with Crippen molar-refractivity contribution in [3.05, 3.63) is 34.8 Å². The number of sulfonamides is 1. The highest BCUT2D eigenvalue weighted by Gasteiger charge is 2.26. The third-order valence-corrected chi connectivity index (χ3v) is 7.17. The maximum Gasteiger partial charge on any atom is 0.286 e. The molecule has 0 saturated carbocycles. The van der Waals surface area contributed by atoms with Crippen LogP contribution in [-0.2, 0) is 10.0 Å². The number of hydroxylamine groups is 1. The lowest BCUT2D eigenvalue weighted by molar-refractivity contribution is 0.0710. The Kier molecular flexibility index (Phi) is 6.18. The van der Waals surface area contributed by atoms with Gasteiger partial charge in [-0.25, -0.2) is 23.6 Å². The molecule has 1 saturated heterocycles. The van der Waals surface area contributed by atoms with Crippen molar-refractivity contribution >= 4 is 32.4 Å². The van der Waals surface area contributed by atoms with Gasteiger partial charge in [-0.2, -0.15) is 0 Å². The quantitative estimate of drug-likeness (QED) is 0.473. The molecule has 2 heterocycles. The summed E-state index contributed by atoms with van der Waals surface area (Å²) in [7, 11) is -2.13. The highest BCUT2D eigenvalue weighted by Crippen LogP contribution is 2.27. The molecular formula is C17H22N4O5S2. The van der Waals surface area contributed by atoms with E-state index < -0.39 is 15.9 Å². The Labute approximate surface area is 167 Å². The van der Waals surface area contributed by atoms with Gasteiger partial charge >= 0.3 is 0 Å². The van der Waals surface area contributed by atoms with E-state index in [2.05, 4.69) is 9.71 Å². The van der Waals surface area contributed by atoms with Crippen LogP contribution >= 0.6 is 11.3 Å². The van der Waals surface area contributed by atoms with Gasteiger partial charge in [-0.1, -0.05) is 17.4 Å². The summed E-state index contributed by atoms with van der Waals surface area (Å²) in [6.07, 6.45) is 2.64. The van der Waals surface area contributed by atoms with Crippen molar-refractivity contribution in [3.63, 3.8) is 0 Å². The van der Waals surface area contributed by atoms with Crippen molar-refractivity contribution in [2.45, 2.75) is 30.7 Å². The smallest absolute Gasteiger partial charge is 0.286 e. The molecule has 0 unspecified atom stereocenters. The van der Waals surface area contributed by atoms with Crippen LogP contribution < -0.4 is 19.8 Å². The van der Waals surface area contributed by atoms with Crippen LogP contribution in [0.25, 0.3) is 0 Å². The summed E-state index contributed by atoms with van der Waals surface area (Å²) in [5.41, 5.74) is 2.45. The minimum atomic E-state index is -3.64. The number of carbonyl (C=O) groups excluding carboxylic acids is 1. The van der Waals surface area contributed by atoms with Crippen molar-refractivity contribution in [2.24, 2.45) is 0 Å². The Balaban J connectivity index is 1.62. The second kappa shape index (κ2) is 8.43. The van der Waals surface area contributed by atoms with E-state index >= 15 is 0 Å². The Morgan fingerprint density at radius 3 is 2.71 bits per heavy atom. The number of rotatable bonds is 6. The molecule has 0 radical (unpaired) electrons. The number of hydrogen-bond acceptors (Lipinski definition) is 8. The Bertz CT molecular complexity index is 952. The summed E-state index contributed by atoms with van der Waals surface area (Å²) < 4.78 is 33.3. The van der Waals surface area contributed by atoms with Gasteiger partial charge in [0.15, 0.2) is 5.13 Å². The second-order valence-corrected chi connectivity index (χ2v) is 9.19. The molecule has 0 spiro atoms. The number of methoxy groups -OCH3 is 1. The number of thiazole rings is 1. The molecule has 0 aliphatic carbocycles. The molecule has 2 aromatic rings. The van der Waals surface area contributed by atoms with Gasteiger partial charge in [0.1, 0.15) is 10.6 Å². The van der Waals surface area contributed by atoms with Gasteiger partial charge in [-0.15, -0.1) is 0 Å². The number of nitrogens with one attached hydrogen (secondary N) is 2. The molecule has 3 N–H and O–H groups in total. The first-order valence-corrected chi connectivity index (χ1v) is 11.0. The number of aromatic nitrogens is 1. The van der Waals surface area contributed by atoms with Crippen LogP contribution in [0.1, 0.15) is 28.1 Å². The zero-order valence-electron chi connectivity index (χ0n) is 15.5. The Hall–Kier alpha value is -2.21. The lowest BCUT2D eigenvalue weighted by Crippen LogP contribution is -2.44. The summed E-state index contributed by atoms with van der Waals surface area (Å²) in [4.78, 5) is 18.1. The number of piperidine rings is 1. The van der Waals surface area contributed by atoms with Crippen molar-refractivity contribution in [2.75, 3.05) is 25.1 Å². The molecule has 11 heteroatoms. The van der Waals surface area contributed by atoms with Crippen LogP contribution in [0.5, 0.6) is 5.75 Å². The molecule has 0 atom stereocenters. The van der Waals surface area contributed by atoms with E-state index in [0.29, 0.717) is 41.7 Å². The molecule has 28 heavy (non-hydrogen) atoms. The van der Waals surface area contributed by atoms with Crippen LogP contribution in [0.3, 0.4) is 0 Å². The minimum absolute atomic E-state index is 0.178. The summed E-state index contributed by atoms with van der Waals surface area (Å²) in [5.74, 6) is -0.0656. The highest BCUT2D eigenvalue weighted by molar-refractivity contribution is 7.89. The van der Waals surface area contributed by atoms with Crippen LogP contribution in [0.4, 0.5) is 5.13 Å². The van der Waals surface area contributed by atoms with E-state index in [0.717, 1.165) is 5.56 Å². The molecule has 3 rings (SSSR count). The first-order chi connectivity index (χ1) is 13.3. The number of nitrogens with zero attached hydrogens (tertiary/aromatic N) is 2. The summed E-state index contributed by atoms with van der Waals surface area (Å²) in [5, 5.41) is 9.36. The van der Waals surface area contributed by atoms with Gasteiger partial charge in [0.2, 0.25) is 10.0 Å². The SMILES string of the molecule is COc1cc(S(=O)(=O)NC2CCN(c3ncc(C(=O)NO)s3)CC2)ccc1C. The molecule has 1 fully saturated rings. The largest absolute Gasteiger partial charge is 0.496 e. The maximum atomic E-state index is 12.7. The van der Waals surface area contributed by atoms with E-state index in [1.807, 2.05) is 11.8 Å². The van der Waals surface area contributed by atoms with E-state index in [9.17, 15) is 13.2 Å². The predicted molar refractivity (Wildman–Crippen MR) is 105 cm³/mol. The molecule has 1 aromatic carbocycles. The standard InChI is InChI=1S/C17H22N4O5S2/c1-11-3-4-13(9-14(11)26-2)28(24,25)20-12-5-7-21(8-6-12)17-18-10-15(27-17)16(22)19-23/h3-4,9-10,12,20,23H,5-8H2,1-2H3,(H,19,22). The second-order valence-electron chi connectivity index (χ2n) is 6.46. The number of ether oxygens (including phenoxy) is 1. The van der Waals surface area contributed by atoms with Crippen molar-refractivity contribution in [3.8, 4) is 5.75 Å². The highest BCUT2D eigenvalue weighted by atomic mass is 32.2. The zero-order chi connectivity index (χ0) is 20.3. The topological polar surface area (TPSA) is 121 Å². The first kappa shape index (κ1) is 20.5. The number of aryl methyl sites for hydroxylation is 1. The number of carbonyl (C=O) groups is 1. The number of hydrogen-bond donors (Lipinski definition) is 3. The number of anilines is 1. The van der Waals surface area contributed by atoms with E-state index in [-0.39, 0.29) is 10.9 Å². The molecule has 1 aromatic heterocycles. The number of benzene rings is 1. The molecule has 1 amide bonds. The fourth-order valence-corrected chi connectivity index (χ4v) is 5.19. The van der Waals surface area contributed by atoms with Crippen molar-refractivity contribution in [1.29, 1.82) is 0 Å². The Morgan fingerprint density at radius 1 is 1.36 bits per heavy atom. The first-order valence-electron chi connectivity index (χ1n) is 8.66. The van der Waals surface area contributed by atoms with Crippen LogP contribution in [-0.4, -0.2) is 50.8 Å². The molecule has 0 bridgehead atoms. The van der Waals surface area contributed by atoms with Gasteiger partial charge < -0.3 is 9.64 Å². The van der Waals surface area contributed by atoms with Crippen LogP contribution in [0.15, 0.2) is 29.3 Å². The average molecular weight is 427 g/mol. The van der Waals surface area contributed by atoms with Crippen molar-refractivity contribution < 1.29 is 23.2 Å². The Morgan fingerprint density at radius 2 is 2.07 bits per heavy atom. The van der Waals surface area contributed by atoms with Crippen LogP contribution in [0.2, 0.25) is 0 Å². The van der Waals surface area contributed by atoms with Crippen LogP contribution in [0, 0.1) is 6.92 Å². The maximum absolute atomic E-state index is 12.7. The normalized spacial score (nSPS) is 15.5. The van der Waals surface area contributed by atoms with Crippen molar-refractivity contribution in [1.82, 2.24) is 15.2 Å². The average Bonchev–Trinajstić information content (AvgIpc) is 3.18. The summed E-state index contributed by atoms with van der Waals surface area (Å²) in [6, 6.07) is 4.63. The fraction of sp³-hybridized carbons (Fsp3) is 0.412. The van der Waals surface area contributed by atoms with Gasteiger partial charge in [0.25, 0.3) is 5.91 Å². The molecule has 152 valence electrons. The fourth-order valence-electron chi connectivity index (χ4n) is 3.01. The van der Waals surface area contributed by atoms with E-state index in [4.69, 9.17) is 9.94 Å². The van der Waals surface area contributed by atoms with Gasteiger partial charge in [0.05, 0.1) is 18.2 Å². The summed E-state index contributed by atoms with van der Waals surface area (Å²) >= 11 is 1.18.